The van der Waals surface area contributed by atoms with Crippen molar-refractivity contribution in [3.05, 3.63) is 32.9 Å². The van der Waals surface area contributed by atoms with Crippen LogP contribution in [0.15, 0.2) is 10.6 Å². The molecule has 1 N–H and O–H groups in total. The highest BCUT2D eigenvalue weighted by molar-refractivity contribution is 7.71. The Bertz CT molecular complexity index is 583. The van der Waals surface area contributed by atoms with E-state index in [0.717, 1.165) is 0 Å². The number of imidazole rings is 1. The lowest BCUT2D eigenvalue weighted by molar-refractivity contribution is -0.392. The first-order valence-electron chi connectivity index (χ1n) is 4.29. The van der Waals surface area contributed by atoms with E-state index in [2.05, 4.69) is 15.2 Å². The summed E-state index contributed by atoms with van der Waals surface area (Å²) in [5, 5.41) is 16.9. The molecule has 8 nitrogen and oxygen atoms in total. The van der Waals surface area contributed by atoms with E-state index in [9.17, 15) is 10.1 Å². The molecule has 0 radical (unpaired) electrons. The van der Waals surface area contributed by atoms with Crippen LogP contribution in [0.4, 0.5) is 5.82 Å². The van der Waals surface area contributed by atoms with E-state index in [-0.39, 0.29) is 23.1 Å². The fraction of sp³-hybridized carbons (Fsp3) is 0.286. The number of aromatic nitrogens is 4. The zero-order chi connectivity index (χ0) is 11.7. The summed E-state index contributed by atoms with van der Waals surface area (Å²) in [5.41, 5.74) is 0. The van der Waals surface area contributed by atoms with E-state index >= 15 is 0 Å². The largest absolute Gasteiger partial charge is 0.410 e. The lowest BCUT2D eigenvalue weighted by Gasteiger charge is -1.98. The number of aryl methyl sites for hydroxylation is 1. The maximum atomic E-state index is 10.7. The Hall–Kier alpha value is -2.03. The molecule has 0 aliphatic rings. The van der Waals surface area contributed by atoms with Gasteiger partial charge in [0.05, 0.1) is 0 Å². The van der Waals surface area contributed by atoms with E-state index in [1.807, 2.05) is 0 Å². The molecule has 0 saturated heterocycles. The van der Waals surface area contributed by atoms with Gasteiger partial charge in [-0.1, -0.05) is 0 Å². The molecule has 0 saturated carbocycles. The number of hydrogen-bond donors (Lipinski definition) is 1. The lowest BCUT2D eigenvalue weighted by atomic mass is 10.5. The zero-order valence-electron chi connectivity index (χ0n) is 8.21. The van der Waals surface area contributed by atoms with Crippen molar-refractivity contribution < 1.29 is 9.34 Å². The number of H-pyrrole nitrogens is 1. The summed E-state index contributed by atoms with van der Waals surface area (Å²) >= 11 is 4.70. The van der Waals surface area contributed by atoms with Gasteiger partial charge in [-0.3, -0.25) is 0 Å². The number of aromatic amines is 1. The van der Waals surface area contributed by atoms with Gasteiger partial charge < -0.3 is 14.5 Å². The third kappa shape index (κ3) is 1.84. The van der Waals surface area contributed by atoms with Crippen molar-refractivity contribution in [2.24, 2.45) is 0 Å². The lowest BCUT2D eigenvalue weighted by Crippen LogP contribution is -2.06. The Kier molecular flexibility index (Phi) is 2.52. The summed E-state index contributed by atoms with van der Waals surface area (Å²) in [5.74, 6) is 0.673. The minimum absolute atomic E-state index is 0.110. The number of nitrogens with one attached hydrogen (secondary N) is 1. The van der Waals surface area contributed by atoms with Gasteiger partial charge >= 0.3 is 5.82 Å². The smallest absolute Gasteiger partial charge is 0.343 e. The third-order valence-electron chi connectivity index (χ3n) is 2.00. The molecule has 0 aromatic carbocycles. The first-order valence-corrected chi connectivity index (χ1v) is 4.69. The Balaban J connectivity index is 2.37. The van der Waals surface area contributed by atoms with Crippen molar-refractivity contribution in [1.29, 1.82) is 0 Å². The van der Waals surface area contributed by atoms with Crippen LogP contribution < -0.4 is 0 Å². The van der Waals surface area contributed by atoms with Crippen molar-refractivity contribution in [1.82, 2.24) is 19.7 Å². The summed E-state index contributed by atoms with van der Waals surface area (Å²) in [6, 6.07) is 0. The molecule has 2 heterocycles. The van der Waals surface area contributed by atoms with Crippen molar-refractivity contribution in [2.45, 2.75) is 13.5 Å². The van der Waals surface area contributed by atoms with Crippen LogP contribution in [0.2, 0.25) is 0 Å². The number of rotatable bonds is 3. The Morgan fingerprint density at radius 1 is 1.75 bits per heavy atom. The van der Waals surface area contributed by atoms with Crippen LogP contribution in [0.5, 0.6) is 0 Å². The van der Waals surface area contributed by atoms with Crippen LogP contribution in [0.1, 0.15) is 11.7 Å². The Labute approximate surface area is 94.1 Å². The maximum Gasteiger partial charge on any atom is 0.343 e. The monoisotopic (exact) mass is 241 g/mol. The molecule has 0 aliphatic carbocycles. The standard InChI is InChI=1S/C7H7N5O3S/c1-4-8-2-6(12(13)14)11(4)3-5-9-10-7(16)15-5/h2H,3H2,1H3,(H,10,16). The summed E-state index contributed by atoms with van der Waals surface area (Å²) in [7, 11) is 0. The molecule has 0 aliphatic heterocycles. The molecule has 0 fully saturated rings. The fourth-order valence-corrected chi connectivity index (χ4v) is 1.40. The molecule has 0 atom stereocenters. The first kappa shape index (κ1) is 10.5. The third-order valence-corrected chi connectivity index (χ3v) is 2.17. The summed E-state index contributed by atoms with van der Waals surface area (Å²) in [4.78, 5) is 14.2. The van der Waals surface area contributed by atoms with Gasteiger partial charge in [-0.15, -0.1) is 5.10 Å². The average molecular weight is 241 g/mol. The van der Waals surface area contributed by atoms with Gasteiger partial charge in [-0.05, 0) is 17.1 Å². The Morgan fingerprint density at radius 3 is 3.06 bits per heavy atom. The van der Waals surface area contributed by atoms with Crippen LogP contribution >= 0.6 is 12.2 Å². The predicted molar refractivity (Wildman–Crippen MR) is 54.4 cm³/mol. The predicted octanol–water partition coefficient (Wildman–Crippen LogP) is 1.19. The van der Waals surface area contributed by atoms with E-state index < -0.39 is 4.92 Å². The molecular formula is C7H7N5O3S. The molecule has 9 heteroatoms. The second kappa shape index (κ2) is 3.85. The zero-order valence-corrected chi connectivity index (χ0v) is 9.02. The Morgan fingerprint density at radius 2 is 2.50 bits per heavy atom. The SMILES string of the molecule is Cc1ncc([N+](=O)[O-])n1Cc1n[nH]c(=S)o1. The molecule has 2 aromatic heterocycles. The van der Waals surface area contributed by atoms with E-state index in [1.165, 1.54) is 10.8 Å². The van der Waals surface area contributed by atoms with E-state index in [1.54, 1.807) is 6.92 Å². The molecule has 16 heavy (non-hydrogen) atoms. The van der Waals surface area contributed by atoms with Crippen LogP contribution in [0.3, 0.4) is 0 Å². The molecule has 0 unspecified atom stereocenters. The molecular weight excluding hydrogens is 234 g/mol. The molecule has 0 bridgehead atoms. The van der Waals surface area contributed by atoms with Crippen LogP contribution in [-0.2, 0) is 6.54 Å². The highest BCUT2D eigenvalue weighted by Gasteiger charge is 2.19. The highest BCUT2D eigenvalue weighted by atomic mass is 32.1. The van der Waals surface area contributed by atoms with Crippen molar-refractivity contribution >= 4 is 18.0 Å². The van der Waals surface area contributed by atoms with Crippen molar-refractivity contribution in [2.75, 3.05) is 0 Å². The van der Waals surface area contributed by atoms with Gasteiger partial charge in [-0.2, -0.15) is 0 Å². The molecule has 2 rings (SSSR count). The van der Waals surface area contributed by atoms with Gasteiger partial charge in [0, 0.05) is 6.92 Å². The quantitative estimate of drug-likeness (QED) is 0.492. The minimum atomic E-state index is -0.513. The van der Waals surface area contributed by atoms with Crippen LogP contribution in [-0.4, -0.2) is 24.7 Å². The van der Waals surface area contributed by atoms with Gasteiger partial charge in [0.15, 0.2) is 12.4 Å². The normalized spacial score (nSPS) is 10.6. The van der Waals surface area contributed by atoms with Gasteiger partial charge in [0.2, 0.25) is 0 Å². The van der Waals surface area contributed by atoms with Gasteiger partial charge in [0.1, 0.15) is 6.20 Å². The average Bonchev–Trinajstić information content (AvgIpc) is 2.76. The second-order valence-corrected chi connectivity index (χ2v) is 3.38. The minimum Gasteiger partial charge on any atom is -0.410 e. The van der Waals surface area contributed by atoms with Crippen LogP contribution in [0.25, 0.3) is 0 Å². The van der Waals surface area contributed by atoms with Crippen molar-refractivity contribution in [3.63, 3.8) is 0 Å². The molecule has 0 spiro atoms. The van der Waals surface area contributed by atoms with Gasteiger partial charge in [-0.25, -0.2) is 14.6 Å². The fourth-order valence-electron chi connectivity index (χ4n) is 1.26. The number of nitro groups is 1. The van der Waals surface area contributed by atoms with E-state index in [0.29, 0.717) is 5.82 Å². The number of hydrogen-bond acceptors (Lipinski definition) is 6. The maximum absolute atomic E-state index is 10.7. The number of nitrogens with zero attached hydrogens (tertiary/aromatic N) is 4. The van der Waals surface area contributed by atoms with Crippen LogP contribution in [0, 0.1) is 21.9 Å². The summed E-state index contributed by atoms with van der Waals surface area (Å²) in [6.45, 7) is 1.78. The molecule has 2 aromatic rings. The van der Waals surface area contributed by atoms with Gasteiger partial charge in [0.25, 0.3) is 10.7 Å². The van der Waals surface area contributed by atoms with Crippen molar-refractivity contribution in [3.8, 4) is 0 Å². The topological polar surface area (TPSA) is 103 Å². The highest BCUT2D eigenvalue weighted by Crippen LogP contribution is 2.15. The second-order valence-electron chi connectivity index (χ2n) is 3.01. The first-order chi connectivity index (χ1) is 7.58. The molecule has 84 valence electrons. The summed E-state index contributed by atoms with van der Waals surface area (Å²) in [6.07, 6.45) is 1.19. The summed E-state index contributed by atoms with van der Waals surface area (Å²) < 4.78 is 6.41. The molecule has 0 amide bonds. The van der Waals surface area contributed by atoms with E-state index in [4.69, 9.17) is 16.6 Å².